The van der Waals surface area contributed by atoms with Crippen LogP contribution in [0, 0.1) is 26.6 Å². The molecule has 2 heterocycles. The second-order valence-electron chi connectivity index (χ2n) is 6.74. The van der Waals surface area contributed by atoms with Gasteiger partial charge in [-0.3, -0.25) is 0 Å². The molecule has 0 aliphatic rings. The highest BCUT2D eigenvalue weighted by atomic mass is 19.1. The fraction of sp³-hybridized carbons (Fsp3) is 0.136. The molecule has 140 valence electrons. The molecule has 2 aromatic carbocycles. The van der Waals surface area contributed by atoms with Crippen molar-refractivity contribution in [2.75, 3.05) is 5.32 Å². The predicted molar refractivity (Wildman–Crippen MR) is 108 cm³/mol. The Bertz CT molecular complexity index is 1150. The zero-order valence-electron chi connectivity index (χ0n) is 15.9. The van der Waals surface area contributed by atoms with Gasteiger partial charge in [0.25, 0.3) is 0 Å². The number of rotatable bonds is 4. The third kappa shape index (κ3) is 3.62. The quantitative estimate of drug-likeness (QED) is 0.538. The van der Waals surface area contributed by atoms with Crippen LogP contribution in [-0.4, -0.2) is 19.7 Å². The minimum absolute atomic E-state index is 0.297. The van der Waals surface area contributed by atoms with Crippen molar-refractivity contribution in [1.82, 2.24) is 19.7 Å². The molecule has 0 spiro atoms. The van der Waals surface area contributed by atoms with Crippen LogP contribution in [0.3, 0.4) is 0 Å². The molecule has 0 bridgehead atoms. The van der Waals surface area contributed by atoms with Crippen LogP contribution in [0.5, 0.6) is 0 Å². The predicted octanol–water partition coefficient (Wildman–Crippen LogP) is 5.14. The van der Waals surface area contributed by atoms with E-state index >= 15 is 0 Å². The number of hydrogen-bond acceptors (Lipinski definition) is 4. The van der Waals surface area contributed by atoms with Crippen molar-refractivity contribution in [2.24, 2.45) is 0 Å². The summed E-state index contributed by atoms with van der Waals surface area (Å²) in [7, 11) is 0. The highest BCUT2D eigenvalue weighted by Gasteiger charge is 2.11. The molecule has 1 N–H and O–H groups in total. The number of nitrogens with one attached hydrogen (secondary N) is 1. The van der Waals surface area contributed by atoms with Gasteiger partial charge in [0.1, 0.15) is 5.82 Å². The summed E-state index contributed by atoms with van der Waals surface area (Å²) in [5.41, 5.74) is 6.47. The van der Waals surface area contributed by atoms with Gasteiger partial charge in [0.2, 0.25) is 5.95 Å². The highest BCUT2D eigenvalue weighted by molar-refractivity contribution is 5.64. The zero-order valence-corrected chi connectivity index (χ0v) is 15.9. The van der Waals surface area contributed by atoms with E-state index in [0.29, 0.717) is 11.6 Å². The Balaban J connectivity index is 1.65. The van der Waals surface area contributed by atoms with Crippen molar-refractivity contribution in [3.63, 3.8) is 0 Å². The fourth-order valence-electron chi connectivity index (χ4n) is 2.98. The summed E-state index contributed by atoms with van der Waals surface area (Å²) in [6, 6.07) is 14.3. The van der Waals surface area contributed by atoms with E-state index in [1.165, 1.54) is 23.3 Å². The number of nitrogens with zero attached hydrogens (tertiary/aromatic N) is 4. The van der Waals surface area contributed by atoms with Crippen molar-refractivity contribution in [3.8, 4) is 16.9 Å². The van der Waals surface area contributed by atoms with Gasteiger partial charge in [-0.05, 0) is 68.3 Å². The zero-order chi connectivity index (χ0) is 19.7. The number of halogens is 1. The lowest BCUT2D eigenvalue weighted by Crippen LogP contribution is -1.98. The van der Waals surface area contributed by atoms with Crippen LogP contribution >= 0.6 is 0 Å². The highest BCUT2D eigenvalue weighted by Crippen LogP contribution is 2.24. The number of hydrogen-bond donors (Lipinski definition) is 1. The Kier molecular flexibility index (Phi) is 4.61. The Morgan fingerprint density at radius 2 is 1.82 bits per heavy atom. The number of aryl methyl sites for hydroxylation is 3. The summed E-state index contributed by atoms with van der Waals surface area (Å²) in [6.45, 7) is 6.06. The monoisotopic (exact) mass is 373 g/mol. The molecular weight excluding hydrogens is 353 g/mol. The molecule has 0 radical (unpaired) electrons. The number of aromatic nitrogens is 4. The maximum atomic E-state index is 13.5. The molecule has 0 atom stereocenters. The van der Waals surface area contributed by atoms with E-state index < -0.39 is 0 Å². The normalized spacial score (nSPS) is 10.9. The third-order valence-electron chi connectivity index (χ3n) is 4.67. The van der Waals surface area contributed by atoms with E-state index in [4.69, 9.17) is 0 Å². The summed E-state index contributed by atoms with van der Waals surface area (Å²) in [5.74, 6) is 0.216. The van der Waals surface area contributed by atoms with Gasteiger partial charge in [0.15, 0.2) is 0 Å². The summed E-state index contributed by atoms with van der Waals surface area (Å²) in [4.78, 5) is 8.95. The van der Waals surface area contributed by atoms with Gasteiger partial charge in [0.05, 0.1) is 17.1 Å². The molecule has 4 rings (SSSR count). The average Bonchev–Trinajstić information content (AvgIpc) is 3.07. The van der Waals surface area contributed by atoms with Gasteiger partial charge in [-0.2, -0.15) is 5.10 Å². The first-order chi connectivity index (χ1) is 13.5. The van der Waals surface area contributed by atoms with E-state index in [-0.39, 0.29) is 5.82 Å². The Hall–Kier alpha value is -3.54. The second kappa shape index (κ2) is 7.23. The SMILES string of the molecule is Cc1ccc(Nc2nccc(-c3cn(-c4cccc(F)c4)nc3C)n2)cc1C. The number of benzene rings is 2. The molecule has 0 saturated heterocycles. The number of anilines is 2. The summed E-state index contributed by atoms with van der Waals surface area (Å²) >= 11 is 0. The molecule has 6 heteroatoms. The van der Waals surface area contributed by atoms with Crippen molar-refractivity contribution >= 4 is 11.6 Å². The van der Waals surface area contributed by atoms with Crippen LogP contribution in [0.25, 0.3) is 16.9 Å². The molecule has 0 amide bonds. The van der Waals surface area contributed by atoms with E-state index in [0.717, 1.165) is 22.6 Å². The van der Waals surface area contributed by atoms with Crippen molar-refractivity contribution < 1.29 is 4.39 Å². The average molecular weight is 373 g/mol. The lowest BCUT2D eigenvalue weighted by molar-refractivity contribution is 0.625. The summed E-state index contributed by atoms with van der Waals surface area (Å²) in [6.07, 6.45) is 3.57. The topological polar surface area (TPSA) is 55.6 Å². The maximum Gasteiger partial charge on any atom is 0.227 e. The van der Waals surface area contributed by atoms with Crippen LogP contribution in [0.2, 0.25) is 0 Å². The molecule has 0 aliphatic heterocycles. The van der Waals surface area contributed by atoms with Crippen LogP contribution in [0.4, 0.5) is 16.0 Å². The van der Waals surface area contributed by atoms with E-state index in [2.05, 4.69) is 46.4 Å². The van der Waals surface area contributed by atoms with Gasteiger partial charge >= 0.3 is 0 Å². The van der Waals surface area contributed by atoms with E-state index in [1.807, 2.05) is 31.3 Å². The van der Waals surface area contributed by atoms with Gasteiger partial charge < -0.3 is 5.32 Å². The molecule has 0 unspecified atom stereocenters. The second-order valence-corrected chi connectivity index (χ2v) is 6.74. The fourth-order valence-corrected chi connectivity index (χ4v) is 2.98. The smallest absolute Gasteiger partial charge is 0.227 e. The minimum atomic E-state index is -0.297. The third-order valence-corrected chi connectivity index (χ3v) is 4.67. The molecule has 0 aliphatic carbocycles. The molecule has 0 fully saturated rings. The van der Waals surface area contributed by atoms with Gasteiger partial charge in [0, 0.05) is 23.6 Å². The van der Waals surface area contributed by atoms with Crippen LogP contribution in [-0.2, 0) is 0 Å². The molecule has 2 aromatic heterocycles. The van der Waals surface area contributed by atoms with Crippen molar-refractivity contribution in [2.45, 2.75) is 20.8 Å². The van der Waals surface area contributed by atoms with Crippen LogP contribution in [0.1, 0.15) is 16.8 Å². The van der Waals surface area contributed by atoms with E-state index in [9.17, 15) is 4.39 Å². The first-order valence-corrected chi connectivity index (χ1v) is 8.99. The lowest BCUT2D eigenvalue weighted by atomic mass is 10.1. The van der Waals surface area contributed by atoms with Crippen molar-refractivity contribution in [1.29, 1.82) is 0 Å². The molecule has 4 aromatic rings. The Morgan fingerprint density at radius 1 is 0.964 bits per heavy atom. The van der Waals surface area contributed by atoms with Gasteiger partial charge in [-0.15, -0.1) is 0 Å². The van der Waals surface area contributed by atoms with E-state index in [1.54, 1.807) is 16.9 Å². The van der Waals surface area contributed by atoms with Crippen molar-refractivity contribution in [3.05, 3.63) is 83.6 Å². The first-order valence-electron chi connectivity index (χ1n) is 8.99. The molecule has 5 nitrogen and oxygen atoms in total. The molecule has 28 heavy (non-hydrogen) atoms. The minimum Gasteiger partial charge on any atom is -0.324 e. The standard InChI is InChI=1S/C22H20FN5/c1-14-7-8-18(11-15(14)2)25-22-24-10-9-21(26-22)20-13-28(27-16(20)3)19-6-4-5-17(23)12-19/h4-13H,1-3H3,(H,24,25,26). The largest absolute Gasteiger partial charge is 0.324 e. The van der Waals surface area contributed by atoms with Gasteiger partial charge in [-0.1, -0.05) is 12.1 Å². The first kappa shape index (κ1) is 17.9. The summed E-state index contributed by atoms with van der Waals surface area (Å²) in [5, 5.41) is 7.75. The van der Waals surface area contributed by atoms with Gasteiger partial charge in [-0.25, -0.2) is 19.0 Å². The van der Waals surface area contributed by atoms with Crippen LogP contribution in [0.15, 0.2) is 60.9 Å². The molecular formula is C22H20FN5. The maximum absolute atomic E-state index is 13.5. The van der Waals surface area contributed by atoms with Crippen LogP contribution < -0.4 is 5.32 Å². The molecule has 0 saturated carbocycles. The Labute approximate surface area is 162 Å². The lowest BCUT2D eigenvalue weighted by Gasteiger charge is -2.08. The Morgan fingerprint density at radius 3 is 2.61 bits per heavy atom. The summed E-state index contributed by atoms with van der Waals surface area (Å²) < 4.78 is 15.2.